The second-order valence-electron chi connectivity index (χ2n) is 6.75. The highest BCUT2D eigenvalue weighted by molar-refractivity contribution is 14.0. The summed E-state index contributed by atoms with van der Waals surface area (Å²) in [7, 11) is -2.04. The van der Waals surface area contributed by atoms with Gasteiger partial charge in [-0.25, -0.2) is 13.6 Å². The molecule has 0 aliphatic rings. The van der Waals surface area contributed by atoms with Gasteiger partial charge in [0.15, 0.2) is 5.96 Å². The standard InChI is InChI=1S/C20H28N4O3S.HI/c1-14(2)27-19-10-15(3)8-9-17(19)13-24-20(22-4)23-12-16-6-5-7-18(11-16)28(21,25)26;/h5-11,14H,12-13H2,1-4H3,(H2,21,25,26)(H2,22,23,24);1H. The van der Waals surface area contributed by atoms with E-state index < -0.39 is 10.0 Å². The Hall–Kier alpha value is -1.85. The Kier molecular flexibility index (Phi) is 9.87. The van der Waals surface area contributed by atoms with Crippen molar-refractivity contribution in [2.45, 2.75) is 44.9 Å². The van der Waals surface area contributed by atoms with E-state index in [1.54, 1.807) is 19.2 Å². The number of aryl methyl sites for hydroxylation is 1. The van der Waals surface area contributed by atoms with Gasteiger partial charge in [0, 0.05) is 25.7 Å². The topological polar surface area (TPSA) is 106 Å². The Morgan fingerprint density at radius 3 is 2.45 bits per heavy atom. The smallest absolute Gasteiger partial charge is 0.238 e. The van der Waals surface area contributed by atoms with Crippen molar-refractivity contribution in [1.29, 1.82) is 0 Å². The lowest BCUT2D eigenvalue weighted by atomic mass is 10.1. The average Bonchev–Trinajstić information content (AvgIpc) is 2.62. The molecule has 0 radical (unpaired) electrons. The molecule has 0 unspecified atom stereocenters. The minimum Gasteiger partial charge on any atom is -0.491 e. The summed E-state index contributed by atoms with van der Waals surface area (Å²) in [5, 5.41) is 11.6. The molecule has 0 saturated heterocycles. The lowest BCUT2D eigenvalue weighted by Gasteiger charge is -2.17. The first-order valence-electron chi connectivity index (χ1n) is 9.01. The number of rotatable bonds is 7. The van der Waals surface area contributed by atoms with Crippen LogP contribution in [0.2, 0.25) is 0 Å². The van der Waals surface area contributed by atoms with Gasteiger partial charge >= 0.3 is 0 Å². The zero-order chi connectivity index (χ0) is 20.7. The molecular weight excluding hydrogens is 503 g/mol. The summed E-state index contributed by atoms with van der Waals surface area (Å²) in [6.45, 7) is 6.97. The number of sulfonamides is 1. The molecule has 7 nitrogen and oxygen atoms in total. The molecule has 0 aromatic heterocycles. The van der Waals surface area contributed by atoms with Crippen LogP contribution in [0, 0.1) is 6.92 Å². The number of nitrogens with two attached hydrogens (primary N) is 1. The molecule has 0 heterocycles. The van der Waals surface area contributed by atoms with Gasteiger partial charge in [-0.2, -0.15) is 0 Å². The normalized spacial score (nSPS) is 11.7. The molecule has 160 valence electrons. The second-order valence-corrected chi connectivity index (χ2v) is 8.31. The number of nitrogens with one attached hydrogen (secondary N) is 2. The van der Waals surface area contributed by atoms with E-state index in [-0.39, 0.29) is 35.0 Å². The van der Waals surface area contributed by atoms with Crippen LogP contribution in [0.4, 0.5) is 0 Å². The molecule has 0 saturated carbocycles. The van der Waals surface area contributed by atoms with Crippen molar-refractivity contribution in [3.8, 4) is 5.75 Å². The van der Waals surface area contributed by atoms with Crippen LogP contribution in [-0.4, -0.2) is 27.5 Å². The molecule has 0 aliphatic carbocycles. The molecule has 9 heteroatoms. The number of ether oxygens (including phenoxy) is 1. The zero-order valence-electron chi connectivity index (χ0n) is 17.1. The minimum absolute atomic E-state index is 0. The molecule has 0 amide bonds. The van der Waals surface area contributed by atoms with Crippen molar-refractivity contribution < 1.29 is 13.2 Å². The van der Waals surface area contributed by atoms with E-state index in [1.165, 1.54) is 6.07 Å². The van der Waals surface area contributed by atoms with Gasteiger partial charge < -0.3 is 15.4 Å². The van der Waals surface area contributed by atoms with Gasteiger partial charge in [0.25, 0.3) is 0 Å². The van der Waals surface area contributed by atoms with Crippen molar-refractivity contribution in [2.75, 3.05) is 7.05 Å². The Morgan fingerprint density at radius 2 is 1.83 bits per heavy atom. The van der Waals surface area contributed by atoms with Gasteiger partial charge in [0.05, 0.1) is 11.0 Å². The van der Waals surface area contributed by atoms with E-state index in [1.807, 2.05) is 45.0 Å². The molecule has 2 aromatic carbocycles. The first kappa shape index (κ1) is 25.2. The maximum Gasteiger partial charge on any atom is 0.238 e. The summed E-state index contributed by atoms with van der Waals surface area (Å²) >= 11 is 0. The quantitative estimate of drug-likeness (QED) is 0.289. The molecule has 0 bridgehead atoms. The van der Waals surface area contributed by atoms with Gasteiger partial charge in [-0.1, -0.05) is 24.3 Å². The summed E-state index contributed by atoms with van der Waals surface area (Å²) in [5.74, 6) is 1.44. The third-order valence-corrected chi connectivity index (χ3v) is 4.85. The Balaban J connectivity index is 0.00000420. The van der Waals surface area contributed by atoms with E-state index in [0.29, 0.717) is 19.0 Å². The lowest BCUT2D eigenvalue weighted by Crippen LogP contribution is -2.36. The molecule has 0 fully saturated rings. The number of hydrogen-bond donors (Lipinski definition) is 3. The van der Waals surface area contributed by atoms with Gasteiger partial charge in [-0.3, -0.25) is 4.99 Å². The maximum atomic E-state index is 11.5. The number of halogens is 1. The van der Waals surface area contributed by atoms with Gasteiger partial charge in [-0.15, -0.1) is 24.0 Å². The fourth-order valence-electron chi connectivity index (χ4n) is 2.59. The van der Waals surface area contributed by atoms with E-state index in [0.717, 1.165) is 22.4 Å². The molecule has 2 rings (SSSR count). The number of guanidine groups is 1. The van der Waals surface area contributed by atoms with Crippen molar-refractivity contribution in [1.82, 2.24) is 10.6 Å². The second kappa shape index (κ2) is 11.4. The fourth-order valence-corrected chi connectivity index (χ4v) is 3.17. The largest absolute Gasteiger partial charge is 0.491 e. The van der Waals surface area contributed by atoms with Crippen LogP contribution in [0.25, 0.3) is 0 Å². The number of primary sulfonamides is 1. The van der Waals surface area contributed by atoms with Crippen molar-refractivity contribution >= 4 is 40.0 Å². The molecule has 2 aromatic rings. The summed E-state index contributed by atoms with van der Waals surface area (Å²) in [6.07, 6.45) is 0.0871. The van der Waals surface area contributed by atoms with Crippen LogP contribution in [0.1, 0.15) is 30.5 Å². The number of nitrogens with zero attached hydrogens (tertiary/aromatic N) is 1. The molecule has 0 atom stereocenters. The first-order chi connectivity index (χ1) is 13.2. The highest BCUT2D eigenvalue weighted by Crippen LogP contribution is 2.21. The SMILES string of the molecule is CN=C(NCc1cccc(S(N)(=O)=O)c1)NCc1ccc(C)cc1OC(C)C.I. The Labute approximate surface area is 190 Å². The summed E-state index contributed by atoms with van der Waals surface area (Å²) < 4.78 is 28.9. The third-order valence-electron chi connectivity index (χ3n) is 3.94. The van der Waals surface area contributed by atoms with Crippen molar-refractivity contribution in [3.05, 3.63) is 59.2 Å². The summed E-state index contributed by atoms with van der Waals surface area (Å²) in [6, 6.07) is 12.6. The predicted octanol–water partition coefficient (Wildman–Crippen LogP) is 2.91. The average molecular weight is 532 g/mol. The van der Waals surface area contributed by atoms with Crippen LogP contribution in [0.5, 0.6) is 5.75 Å². The van der Waals surface area contributed by atoms with Crippen LogP contribution in [0.15, 0.2) is 52.4 Å². The van der Waals surface area contributed by atoms with Crippen LogP contribution >= 0.6 is 24.0 Å². The minimum atomic E-state index is -3.72. The van der Waals surface area contributed by atoms with Gasteiger partial charge in [0.2, 0.25) is 10.0 Å². The first-order valence-corrected chi connectivity index (χ1v) is 10.6. The molecule has 0 spiro atoms. The summed E-state index contributed by atoms with van der Waals surface area (Å²) in [5.41, 5.74) is 2.95. The third kappa shape index (κ3) is 8.19. The Bertz CT molecular complexity index is 946. The highest BCUT2D eigenvalue weighted by Gasteiger charge is 2.09. The molecule has 4 N–H and O–H groups in total. The Morgan fingerprint density at radius 1 is 1.14 bits per heavy atom. The van der Waals surface area contributed by atoms with Crippen LogP contribution < -0.4 is 20.5 Å². The number of aliphatic imine (C=N–C) groups is 1. The van der Waals surface area contributed by atoms with Crippen molar-refractivity contribution in [3.63, 3.8) is 0 Å². The number of hydrogen-bond acceptors (Lipinski definition) is 4. The van der Waals surface area contributed by atoms with Crippen LogP contribution in [0.3, 0.4) is 0 Å². The fraction of sp³-hybridized carbons (Fsp3) is 0.350. The lowest BCUT2D eigenvalue weighted by molar-refractivity contribution is 0.239. The zero-order valence-corrected chi connectivity index (χ0v) is 20.2. The van der Waals surface area contributed by atoms with E-state index >= 15 is 0 Å². The highest BCUT2D eigenvalue weighted by atomic mass is 127. The van der Waals surface area contributed by atoms with E-state index in [9.17, 15) is 8.42 Å². The maximum absolute atomic E-state index is 11.5. The molecule has 0 aliphatic heterocycles. The monoisotopic (exact) mass is 532 g/mol. The van der Waals surface area contributed by atoms with E-state index in [2.05, 4.69) is 15.6 Å². The summed E-state index contributed by atoms with van der Waals surface area (Å²) in [4.78, 5) is 4.30. The van der Waals surface area contributed by atoms with Crippen LogP contribution in [-0.2, 0) is 23.1 Å². The van der Waals surface area contributed by atoms with Gasteiger partial charge in [0.1, 0.15) is 5.75 Å². The molecular formula is C20H29IN4O3S. The number of benzene rings is 2. The predicted molar refractivity (Wildman–Crippen MR) is 127 cm³/mol. The van der Waals surface area contributed by atoms with Gasteiger partial charge in [-0.05, 0) is 50.1 Å². The molecule has 29 heavy (non-hydrogen) atoms. The van der Waals surface area contributed by atoms with Crippen molar-refractivity contribution in [2.24, 2.45) is 10.1 Å². The van der Waals surface area contributed by atoms with E-state index in [4.69, 9.17) is 9.88 Å².